The number of halogens is 3. The van der Waals surface area contributed by atoms with Gasteiger partial charge in [0.15, 0.2) is 0 Å². The van der Waals surface area contributed by atoms with E-state index in [-0.39, 0.29) is 23.1 Å². The summed E-state index contributed by atoms with van der Waals surface area (Å²) in [5, 5.41) is 13.8. The number of carbonyl (C=O) groups is 1. The third kappa shape index (κ3) is 3.40. The van der Waals surface area contributed by atoms with E-state index in [1.165, 1.54) is 6.20 Å². The number of pyridine rings is 2. The van der Waals surface area contributed by atoms with E-state index in [0.29, 0.717) is 5.69 Å². The Hall–Kier alpha value is -3.72. The van der Waals surface area contributed by atoms with Gasteiger partial charge in [-0.3, -0.25) is 9.78 Å². The topological polar surface area (TPSA) is 90.9 Å². The molecule has 0 fully saturated rings. The Morgan fingerprint density at radius 1 is 1.19 bits per heavy atom. The Labute approximate surface area is 180 Å². The zero-order chi connectivity index (χ0) is 22.4. The highest BCUT2D eigenvalue weighted by molar-refractivity contribution is 5.95. The van der Waals surface area contributed by atoms with E-state index in [4.69, 9.17) is 0 Å². The number of carbonyl (C=O) groups excluding carboxylic acids is 1. The number of hydrogen-bond acceptors (Lipinski definition) is 4. The van der Waals surface area contributed by atoms with Crippen molar-refractivity contribution in [2.75, 3.05) is 0 Å². The van der Waals surface area contributed by atoms with Crippen molar-refractivity contribution in [3.05, 3.63) is 83.1 Å². The van der Waals surface area contributed by atoms with Crippen LogP contribution < -0.4 is 5.32 Å². The van der Waals surface area contributed by atoms with E-state index in [0.717, 1.165) is 28.7 Å². The van der Waals surface area contributed by atoms with Gasteiger partial charge in [0.1, 0.15) is 11.5 Å². The summed E-state index contributed by atoms with van der Waals surface area (Å²) >= 11 is 0. The van der Waals surface area contributed by atoms with Crippen LogP contribution in [0.2, 0.25) is 0 Å². The molecule has 5 rings (SSSR count). The monoisotopic (exact) mass is 438 g/mol. The van der Waals surface area contributed by atoms with E-state index in [1.807, 2.05) is 12.1 Å². The normalized spacial score (nSPS) is 17.7. The first-order chi connectivity index (χ1) is 15.4. The molecule has 4 aromatic rings. The first-order valence-electron chi connectivity index (χ1n) is 9.91. The van der Waals surface area contributed by atoms with Gasteiger partial charge in [0, 0.05) is 47.1 Å². The van der Waals surface area contributed by atoms with Crippen LogP contribution >= 0.6 is 0 Å². The molecule has 0 spiro atoms. The van der Waals surface area contributed by atoms with Crippen molar-refractivity contribution in [3.8, 4) is 11.3 Å². The summed E-state index contributed by atoms with van der Waals surface area (Å²) in [7, 11) is 0. The molecule has 0 unspecified atom stereocenters. The third-order valence-electron chi connectivity index (χ3n) is 5.67. The van der Waals surface area contributed by atoms with Crippen molar-refractivity contribution < 1.29 is 23.1 Å². The van der Waals surface area contributed by atoms with Crippen LogP contribution in [0, 0.1) is 5.82 Å². The summed E-state index contributed by atoms with van der Waals surface area (Å²) in [4.78, 5) is 24.4. The maximum atomic E-state index is 14.5. The number of aromatic amines is 1. The Kier molecular flexibility index (Phi) is 4.90. The predicted octanol–water partition coefficient (Wildman–Crippen LogP) is 4.61. The number of benzene rings is 1. The van der Waals surface area contributed by atoms with Crippen molar-refractivity contribution in [2.24, 2.45) is 0 Å². The first kappa shape index (κ1) is 20.2. The molecule has 0 radical (unpaired) electrons. The third-order valence-corrected chi connectivity index (χ3v) is 5.67. The van der Waals surface area contributed by atoms with Crippen LogP contribution in [0.15, 0.2) is 55.0 Å². The maximum absolute atomic E-state index is 14.5. The smallest absolute Gasteiger partial charge is 0.263 e. The average Bonchev–Trinajstić information content (AvgIpc) is 3.38. The van der Waals surface area contributed by atoms with E-state index in [9.17, 15) is 23.1 Å². The molecule has 1 aliphatic carbocycles. The molecule has 3 aromatic heterocycles. The lowest BCUT2D eigenvalue weighted by Crippen LogP contribution is -2.28. The molecule has 1 amide bonds. The zero-order valence-electron chi connectivity index (χ0n) is 16.5. The van der Waals surface area contributed by atoms with Crippen molar-refractivity contribution >= 4 is 16.9 Å². The van der Waals surface area contributed by atoms with Crippen LogP contribution in [0.4, 0.5) is 13.2 Å². The van der Waals surface area contributed by atoms with Crippen molar-refractivity contribution in [1.29, 1.82) is 0 Å². The molecule has 3 heterocycles. The molecule has 3 N–H and O–H groups in total. The second kappa shape index (κ2) is 7.76. The van der Waals surface area contributed by atoms with Crippen molar-refractivity contribution in [1.82, 2.24) is 20.3 Å². The van der Waals surface area contributed by atoms with E-state index in [2.05, 4.69) is 20.3 Å². The number of rotatable bonds is 4. The standard InChI is InChI=1S/C23H17F3N4O2/c24-16-8-12(21(25)26)7-15-19(31)9-18(20(15)16)30-23(32)11-1-2-17(29-10-11)13-3-5-27-22-14(13)4-6-28-22/h1-8,10,18-19,21,31H,9H2,(H,27,28)(H,30,32)/t18-,19+/m0/s1. The molecular formula is C23H17F3N4O2. The molecule has 0 saturated carbocycles. The minimum Gasteiger partial charge on any atom is -0.388 e. The molecule has 6 nitrogen and oxygen atoms in total. The van der Waals surface area contributed by atoms with Crippen LogP contribution in [0.3, 0.4) is 0 Å². The summed E-state index contributed by atoms with van der Waals surface area (Å²) in [5.41, 5.74) is 2.09. The number of nitrogens with zero attached hydrogens (tertiary/aromatic N) is 2. The number of amides is 1. The molecule has 0 bridgehead atoms. The lowest BCUT2D eigenvalue weighted by molar-refractivity contribution is 0.0923. The lowest BCUT2D eigenvalue weighted by Gasteiger charge is -2.15. The molecule has 1 aliphatic rings. The summed E-state index contributed by atoms with van der Waals surface area (Å²) in [6, 6.07) is 8.00. The number of H-pyrrole nitrogens is 1. The number of aromatic nitrogens is 3. The van der Waals surface area contributed by atoms with Crippen LogP contribution in [-0.4, -0.2) is 26.0 Å². The number of alkyl halides is 2. The van der Waals surface area contributed by atoms with Crippen LogP contribution in [0.5, 0.6) is 0 Å². The van der Waals surface area contributed by atoms with E-state index >= 15 is 0 Å². The molecule has 1 aromatic carbocycles. The van der Waals surface area contributed by atoms with Gasteiger partial charge in [0.25, 0.3) is 12.3 Å². The molecular weight excluding hydrogens is 421 g/mol. The van der Waals surface area contributed by atoms with E-state index < -0.39 is 35.9 Å². The maximum Gasteiger partial charge on any atom is 0.263 e. The Morgan fingerprint density at radius 2 is 2.03 bits per heavy atom. The number of aliphatic hydroxyl groups excluding tert-OH is 1. The molecule has 0 aliphatic heterocycles. The first-order valence-corrected chi connectivity index (χ1v) is 9.91. The summed E-state index contributed by atoms with van der Waals surface area (Å²) in [6.45, 7) is 0. The summed E-state index contributed by atoms with van der Waals surface area (Å²) in [6.07, 6.45) is 0.853. The van der Waals surface area contributed by atoms with Gasteiger partial charge in [0.05, 0.1) is 23.4 Å². The van der Waals surface area contributed by atoms with Crippen molar-refractivity contribution in [3.63, 3.8) is 0 Å². The molecule has 9 heteroatoms. The van der Waals surface area contributed by atoms with Gasteiger partial charge in [-0.15, -0.1) is 0 Å². The van der Waals surface area contributed by atoms with Crippen LogP contribution in [0.1, 0.15) is 52.0 Å². The fourth-order valence-electron chi connectivity index (χ4n) is 4.14. The van der Waals surface area contributed by atoms with Crippen LogP contribution in [-0.2, 0) is 0 Å². The second-order valence-corrected chi connectivity index (χ2v) is 7.61. The Bertz CT molecular complexity index is 1320. The zero-order valence-corrected chi connectivity index (χ0v) is 16.5. The van der Waals surface area contributed by atoms with E-state index in [1.54, 1.807) is 24.5 Å². The SMILES string of the molecule is O=C(N[C@H]1C[C@@H](O)c2cc(C(F)F)cc(F)c21)c1ccc(-c2ccnc3[nH]ccc23)nc1. The summed E-state index contributed by atoms with van der Waals surface area (Å²) < 4.78 is 40.4. The number of fused-ring (bicyclic) bond motifs is 2. The fourth-order valence-corrected chi connectivity index (χ4v) is 4.14. The highest BCUT2D eigenvalue weighted by Crippen LogP contribution is 2.42. The van der Waals surface area contributed by atoms with Gasteiger partial charge in [-0.1, -0.05) is 0 Å². The Balaban J connectivity index is 1.38. The van der Waals surface area contributed by atoms with Gasteiger partial charge in [0.2, 0.25) is 0 Å². The second-order valence-electron chi connectivity index (χ2n) is 7.61. The average molecular weight is 438 g/mol. The Morgan fingerprint density at radius 3 is 2.78 bits per heavy atom. The largest absolute Gasteiger partial charge is 0.388 e. The van der Waals surface area contributed by atoms with Gasteiger partial charge >= 0.3 is 0 Å². The van der Waals surface area contributed by atoms with Gasteiger partial charge < -0.3 is 15.4 Å². The summed E-state index contributed by atoms with van der Waals surface area (Å²) in [5.74, 6) is -1.38. The predicted molar refractivity (Wildman–Crippen MR) is 110 cm³/mol. The minimum absolute atomic E-state index is 0.00131. The number of hydrogen-bond donors (Lipinski definition) is 3. The fraction of sp³-hybridized carbons (Fsp3) is 0.174. The molecule has 2 atom stereocenters. The molecule has 0 saturated heterocycles. The number of nitrogens with one attached hydrogen (secondary N) is 2. The highest BCUT2D eigenvalue weighted by Gasteiger charge is 2.35. The molecule has 32 heavy (non-hydrogen) atoms. The highest BCUT2D eigenvalue weighted by atomic mass is 19.3. The quantitative estimate of drug-likeness (QED) is 0.434. The van der Waals surface area contributed by atoms with Gasteiger partial charge in [-0.25, -0.2) is 18.2 Å². The lowest BCUT2D eigenvalue weighted by atomic mass is 10.0. The van der Waals surface area contributed by atoms with Crippen molar-refractivity contribution in [2.45, 2.75) is 25.0 Å². The van der Waals surface area contributed by atoms with Crippen LogP contribution in [0.25, 0.3) is 22.3 Å². The van der Waals surface area contributed by atoms with Gasteiger partial charge in [-0.2, -0.15) is 0 Å². The minimum atomic E-state index is -2.85. The van der Waals surface area contributed by atoms with Gasteiger partial charge in [-0.05, 0) is 42.0 Å². The number of aliphatic hydroxyl groups is 1. The molecule has 162 valence electrons.